The van der Waals surface area contributed by atoms with Gasteiger partial charge in [-0.05, 0) is 35.4 Å². The first-order valence-corrected chi connectivity index (χ1v) is 13.7. The van der Waals surface area contributed by atoms with Crippen LogP contribution in [0.1, 0.15) is 11.1 Å². The van der Waals surface area contributed by atoms with Crippen molar-refractivity contribution in [1.29, 1.82) is 0 Å². The van der Waals surface area contributed by atoms with E-state index in [2.05, 4.69) is 21.2 Å². The molecule has 0 unspecified atom stereocenters. The van der Waals surface area contributed by atoms with E-state index in [0.29, 0.717) is 5.69 Å². The fraction of sp³-hybridized carbons (Fsp3) is 0.231. The van der Waals surface area contributed by atoms with E-state index in [4.69, 9.17) is 0 Å². The minimum Gasteiger partial charge on any atom is -0.357 e. The van der Waals surface area contributed by atoms with E-state index >= 15 is 0 Å². The van der Waals surface area contributed by atoms with Gasteiger partial charge in [0.15, 0.2) is 0 Å². The van der Waals surface area contributed by atoms with Crippen LogP contribution in [0.2, 0.25) is 0 Å². The number of nitrogens with zero attached hydrogens (tertiary/aromatic N) is 2. The second kappa shape index (κ2) is 12.0. The number of hydrogen-bond acceptors (Lipinski definition) is 4. The average Bonchev–Trinajstić information content (AvgIpc) is 2.85. The van der Waals surface area contributed by atoms with Crippen LogP contribution in [0, 0.1) is 0 Å². The molecule has 3 rings (SSSR count). The highest BCUT2D eigenvalue weighted by molar-refractivity contribution is 9.10. The van der Waals surface area contributed by atoms with Crippen LogP contribution in [0.5, 0.6) is 0 Å². The maximum Gasteiger partial charge on any atom is 0.244 e. The lowest BCUT2D eigenvalue weighted by atomic mass is 10.0. The van der Waals surface area contributed by atoms with Gasteiger partial charge in [-0.25, -0.2) is 8.42 Å². The molecule has 0 heterocycles. The molecule has 7 nitrogen and oxygen atoms in total. The lowest BCUT2D eigenvalue weighted by Crippen LogP contribution is -2.52. The molecule has 0 aliphatic heterocycles. The van der Waals surface area contributed by atoms with Crippen LogP contribution >= 0.6 is 15.9 Å². The molecule has 0 aliphatic rings. The molecule has 3 aromatic carbocycles. The van der Waals surface area contributed by atoms with Gasteiger partial charge in [-0.1, -0.05) is 76.6 Å². The summed E-state index contributed by atoms with van der Waals surface area (Å²) in [6.45, 7) is -0.287. The number of rotatable bonds is 10. The van der Waals surface area contributed by atoms with Crippen LogP contribution < -0.4 is 9.62 Å². The van der Waals surface area contributed by atoms with Gasteiger partial charge in [-0.2, -0.15) is 0 Å². The number of halogens is 1. The van der Waals surface area contributed by atoms with Gasteiger partial charge in [-0.15, -0.1) is 0 Å². The van der Waals surface area contributed by atoms with E-state index < -0.39 is 28.5 Å². The lowest BCUT2D eigenvalue weighted by Gasteiger charge is -2.33. The van der Waals surface area contributed by atoms with Crippen LogP contribution in [0.15, 0.2) is 89.4 Å². The molecule has 0 aromatic heterocycles. The van der Waals surface area contributed by atoms with Gasteiger partial charge < -0.3 is 10.2 Å². The van der Waals surface area contributed by atoms with Gasteiger partial charge >= 0.3 is 0 Å². The van der Waals surface area contributed by atoms with Crippen LogP contribution in [0.4, 0.5) is 5.69 Å². The molecular formula is C26H28BrN3O4S. The minimum absolute atomic E-state index is 0.142. The largest absolute Gasteiger partial charge is 0.357 e. The van der Waals surface area contributed by atoms with Crippen LogP contribution in [0.25, 0.3) is 0 Å². The Bertz CT molecular complexity index is 1240. The van der Waals surface area contributed by atoms with Crippen molar-refractivity contribution < 1.29 is 18.0 Å². The van der Waals surface area contributed by atoms with Crippen molar-refractivity contribution in [3.05, 3.63) is 101 Å². The molecule has 35 heavy (non-hydrogen) atoms. The summed E-state index contributed by atoms with van der Waals surface area (Å²) in [5.74, 6) is -0.809. The molecule has 0 fully saturated rings. The molecule has 0 saturated carbocycles. The molecule has 0 saturated heterocycles. The highest BCUT2D eigenvalue weighted by Gasteiger charge is 2.32. The van der Waals surface area contributed by atoms with Gasteiger partial charge in [-0.3, -0.25) is 13.9 Å². The molecular weight excluding hydrogens is 530 g/mol. The smallest absolute Gasteiger partial charge is 0.244 e. The number of amides is 2. The van der Waals surface area contributed by atoms with Crippen molar-refractivity contribution in [3.63, 3.8) is 0 Å². The Hall–Kier alpha value is -3.17. The summed E-state index contributed by atoms with van der Waals surface area (Å²) in [5, 5.41) is 2.66. The maximum absolute atomic E-state index is 13.7. The summed E-state index contributed by atoms with van der Waals surface area (Å²) in [6, 6.07) is 24.5. The fourth-order valence-electron chi connectivity index (χ4n) is 3.72. The van der Waals surface area contributed by atoms with Gasteiger partial charge in [0.2, 0.25) is 21.8 Å². The van der Waals surface area contributed by atoms with Crippen molar-refractivity contribution in [1.82, 2.24) is 10.2 Å². The zero-order valence-corrected chi connectivity index (χ0v) is 22.0. The van der Waals surface area contributed by atoms with Gasteiger partial charge in [0, 0.05) is 24.5 Å². The summed E-state index contributed by atoms with van der Waals surface area (Å²) in [4.78, 5) is 28.2. The topological polar surface area (TPSA) is 86.8 Å². The monoisotopic (exact) mass is 557 g/mol. The standard InChI is InChI=1S/C26H28BrN3O4S/c1-28-26(32)24(17-20-9-5-3-6-10-20)29(18-21-13-15-22(27)16-14-21)25(31)19-30(35(2,33)34)23-11-7-4-8-12-23/h3-16,24H,17-19H2,1-2H3,(H,28,32)/t24-/m0/s1. The van der Waals surface area contributed by atoms with Crippen molar-refractivity contribution >= 4 is 43.5 Å². The first kappa shape index (κ1) is 26.4. The van der Waals surface area contributed by atoms with Gasteiger partial charge in [0.1, 0.15) is 12.6 Å². The third-order valence-electron chi connectivity index (χ3n) is 5.51. The highest BCUT2D eigenvalue weighted by atomic mass is 79.9. The Morgan fingerprint density at radius 3 is 2.00 bits per heavy atom. The molecule has 2 amide bonds. The molecule has 1 atom stereocenters. The Labute approximate surface area is 214 Å². The molecule has 0 radical (unpaired) electrons. The van der Waals surface area contributed by atoms with E-state index in [-0.39, 0.29) is 18.9 Å². The number of carbonyl (C=O) groups excluding carboxylic acids is 2. The van der Waals surface area contributed by atoms with Crippen LogP contribution in [0.3, 0.4) is 0 Å². The second-order valence-corrected chi connectivity index (χ2v) is 10.9. The zero-order chi connectivity index (χ0) is 25.4. The fourth-order valence-corrected chi connectivity index (χ4v) is 4.83. The molecule has 1 N–H and O–H groups in total. The quantitative estimate of drug-likeness (QED) is 0.412. The summed E-state index contributed by atoms with van der Waals surface area (Å²) in [7, 11) is -2.23. The van der Waals surface area contributed by atoms with Gasteiger partial charge in [0.05, 0.1) is 11.9 Å². The first-order chi connectivity index (χ1) is 16.7. The number of anilines is 1. The number of carbonyl (C=O) groups is 2. The van der Waals surface area contributed by atoms with Crippen molar-refractivity contribution in [2.45, 2.75) is 19.0 Å². The third-order valence-corrected chi connectivity index (χ3v) is 7.18. The number of para-hydroxylation sites is 1. The van der Waals surface area contributed by atoms with Gasteiger partial charge in [0.25, 0.3) is 0 Å². The zero-order valence-electron chi connectivity index (χ0n) is 19.6. The molecule has 9 heteroatoms. The van der Waals surface area contributed by atoms with Crippen LogP contribution in [-0.2, 0) is 32.6 Å². The van der Waals surface area contributed by atoms with Crippen molar-refractivity contribution in [2.75, 3.05) is 24.2 Å². The highest BCUT2D eigenvalue weighted by Crippen LogP contribution is 2.20. The van der Waals surface area contributed by atoms with E-state index in [1.54, 1.807) is 30.3 Å². The molecule has 3 aromatic rings. The van der Waals surface area contributed by atoms with E-state index in [1.165, 1.54) is 11.9 Å². The van der Waals surface area contributed by atoms with E-state index in [0.717, 1.165) is 26.2 Å². The summed E-state index contributed by atoms with van der Waals surface area (Å²) >= 11 is 3.41. The summed E-state index contributed by atoms with van der Waals surface area (Å²) < 4.78 is 27.2. The predicted molar refractivity (Wildman–Crippen MR) is 141 cm³/mol. The lowest BCUT2D eigenvalue weighted by molar-refractivity contribution is -0.139. The molecule has 0 spiro atoms. The SMILES string of the molecule is CNC(=O)[C@H](Cc1ccccc1)N(Cc1ccc(Br)cc1)C(=O)CN(c1ccccc1)S(C)(=O)=O. The van der Waals surface area contributed by atoms with E-state index in [1.807, 2.05) is 54.6 Å². The maximum atomic E-state index is 13.7. The Morgan fingerprint density at radius 2 is 1.46 bits per heavy atom. The number of nitrogens with one attached hydrogen (secondary N) is 1. The van der Waals surface area contributed by atoms with Crippen molar-refractivity contribution in [3.8, 4) is 0 Å². The number of likely N-dealkylation sites (N-methyl/N-ethyl adjacent to an activating group) is 1. The third kappa shape index (κ3) is 7.40. The molecule has 0 bridgehead atoms. The van der Waals surface area contributed by atoms with Crippen LogP contribution in [-0.4, -0.2) is 51.0 Å². The molecule has 184 valence electrons. The predicted octanol–water partition coefficient (Wildman–Crippen LogP) is 3.60. The normalized spacial score (nSPS) is 12.0. The minimum atomic E-state index is -3.76. The molecule has 0 aliphatic carbocycles. The Balaban J connectivity index is 2.00. The first-order valence-electron chi connectivity index (χ1n) is 11.0. The van der Waals surface area contributed by atoms with E-state index in [9.17, 15) is 18.0 Å². The Morgan fingerprint density at radius 1 is 0.886 bits per heavy atom. The van der Waals surface area contributed by atoms with Crippen molar-refractivity contribution in [2.24, 2.45) is 0 Å². The summed E-state index contributed by atoms with van der Waals surface area (Å²) in [6.07, 6.45) is 1.35. The average molecular weight is 558 g/mol. The number of hydrogen-bond donors (Lipinski definition) is 1. The number of benzene rings is 3. The Kier molecular flexibility index (Phi) is 9.06. The number of sulfonamides is 1. The summed E-state index contributed by atoms with van der Waals surface area (Å²) in [5.41, 5.74) is 2.08. The second-order valence-electron chi connectivity index (χ2n) is 8.07.